The zero-order valence-corrected chi connectivity index (χ0v) is 8.76. The molecular weight excluding hydrogens is 205 g/mol. The minimum absolute atomic E-state index is 0. The van der Waals surface area contributed by atoms with Gasteiger partial charge in [-0.15, -0.1) is 12.4 Å². The molecule has 2 heterocycles. The van der Waals surface area contributed by atoms with Crippen molar-refractivity contribution < 1.29 is 4.39 Å². The number of halogens is 2. The van der Waals surface area contributed by atoms with Crippen LogP contribution in [0.5, 0.6) is 0 Å². The van der Waals surface area contributed by atoms with Gasteiger partial charge in [-0.3, -0.25) is 4.68 Å². The van der Waals surface area contributed by atoms with Gasteiger partial charge >= 0.3 is 0 Å². The fourth-order valence-electron chi connectivity index (χ4n) is 1.78. The van der Waals surface area contributed by atoms with Crippen LogP contribution in [0.25, 0.3) is 0 Å². The van der Waals surface area contributed by atoms with Gasteiger partial charge in [0.25, 0.3) is 0 Å². The Labute approximate surface area is 89.1 Å². The maximum Gasteiger partial charge on any atom is 0.161 e. The third kappa shape index (κ3) is 2.96. The molecule has 0 saturated carbocycles. The van der Waals surface area contributed by atoms with Crippen LogP contribution in [0.4, 0.5) is 4.39 Å². The molecule has 0 bridgehead atoms. The predicted molar refractivity (Wildman–Crippen MR) is 55.0 cm³/mol. The van der Waals surface area contributed by atoms with E-state index in [-0.39, 0.29) is 18.2 Å². The van der Waals surface area contributed by atoms with Crippen molar-refractivity contribution >= 4 is 12.4 Å². The number of rotatable bonds is 2. The first-order valence-electron chi connectivity index (χ1n) is 4.73. The number of hydrogen-bond donors (Lipinski definition) is 1. The monoisotopic (exact) mass is 219 g/mol. The Morgan fingerprint density at radius 1 is 1.64 bits per heavy atom. The number of nitrogens with zero attached hydrogens (tertiary/aromatic N) is 2. The van der Waals surface area contributed by atoms with E-state index < -0.39 is 0 Å². The fourth-order valence-corrected chi connectivity index (χ4v) is 1.78. The predicted octanol–water partition coefficient (Wildman–Crippen LogP) is 1.44. The van der Waals surface area contributed by atoms with Crippen molar-refractivity contribution in [2.24, 2.45) is 5.92 Å². The molecule has 1 N–H and O–H groups in total. The molecule has 1 fully saturated rings. The van der Waals surface area contributed by atoms with Crippen molar-refractivity contribution in [3.8, 4) is 0 Å². The first-order valence-corrected chi connectivity index (χ1v) is 4.73. The highest BCUT2D eigenvalue weighted by Gasteiger charge is 2.13. The molecule has 1 aromatic heterocycles. The van der Waals surface area contributed by atoms with Crippen LogP contribution in [-0.4, -0.2) is 22.9 Å². The van der Waals surface area contributed by atoms with Crippen LogP contribution in [0.2, 0.25) is 0 Å². The Bertz CT molecular complexity index is 271. The number of aromatic nitrogens is 2. The smallest absolute Gasteiger partial charge is 0.161 e. The molecule has 14 heavy (non-hydrogen) atoms. The average molecular weight is 220 g/mol. The lowest BCUT2D eigenvalue weighted by atomic mass is 10.00. The lowest BCUT2D eigenvalue weighted by Crippen LogP contribution is -2.32. The Morgan fingerprint density at radius 2 is 2.50 bits per heavy atom. The summed E-state index contributed by atoms with van der Waals surface area (Å²) in [5.74, 6) is 0.358. The summed E-state index contributed by atoms with van der Waals surface area (Å²) in [6.45, 7) is 2.97. The first-order chi connectivity index (χ1) is 6.34. The molecule has 3 nitrogen and oxygen atoms in total. The van der Waals surface area contributed by atoms with E-state index in [1.54, 1.807) is 4.68 Å². The van der Waals surface area contributed by atoms with Crippen molar-refractivity contribution in [2.75, 3.05) is 13.1 Å². The van der Waals surface area contributed by atoms with E-state index >= 15 is 0 Å². The highest BCUT2D eigenvalue weighted by atomic mass is 35.5. The van der Waals surface area contributed by atoms with E-state index in [9.17, 15) is 4.39 Å². The largest absolute Gasteiger partial charge is 0.316 e. The van der Waals surface area contributed by atoms with E-state index in [2.05, 4.69) is 10.4 Å². The molecular formula is C9H15ClFN3. The van der Waals surface area contributed by atoms with Crippen molar-refractivity contribution in [1.82, 2.24) is 15.1 Å². The molecule has 0 spiro atoms. The lowest BCUT2D eigenvalue weighted by Gasteiger charge is -2.22. The molecule has 5 heteroatoms. The number of piperidine rings is 1. The third-order valence-electron chi connectivity index (χ3n) is 2.45. The fraction of sp³-hybridized carbons (Fsp3) is 0.667. The molecule has 1 unspecified atom stereocenters. The van der Waals surface area contributed by atoms with Crippen LogP contribution >= 0.6 is 12.4 Å². The minimum Gasteiger partial charge on any atom is -0.316 e. The van der Waals surface area contributed by atoms with E-state index in [4.69, 9.17) is 0 Å². The second-order valence-electron chi connectivity index (χ2n) is 3.59. The van der Waals surface area contributed by atoms with Gasteiger partial charge < -0.3 is 5.32 Å². The SMILES string of the molecule is Cl.Fc1cnn(CC2CCCNC2)c1. The summed E-state index contributed by atoms with van der Waals surface area (Å²) >= 11 is 0. The molecule has 0 amide bonds. The van der Waals surface area contributed by atoms with E-state index in [1.807, 2.05) is 0 Å². The first kappa shape index (κ1) is 11.5. The molecule has 2 rings (SSSR count). The molecule has 0 radical (unpaired) electrons. The van der Waals surface area contributed by atoms with Gasteiger partial charge in [0.05, 0.1) is 12.4 Å². The van der Waals surface area contributed by atoms with Gasteiger partial charge in [-0.25, -0.2) is 4.39 Å². The van der Waals surface area contributed by atoms with Crippen LogP contribution in [0.15, 0.2) is 12.4 Å². The maximum atomic E-state index is 12.6. The molecule has 0 aliphatic carbocycles. The van der Waals surface area contributed by atoms with Gasteiger partial charge in [-0.2, -0.15) is 5.10 Å². The summed E-state index contributed by atoms with van der Waals surface area (Å²) in [7, 11) is 0. The van der Waals surface area contributed by atoms with Crippen LogP contribution in [0.3, 0.4) is 0 Å². The van der Waals surface area contributed by atoms with Crippen LogP contribution in [-0.2, 0) is 6.54 Å². The van der Waals surface area contributed by atoms with Crippen LogP contribution < -0.4 is 5.32 Å². The highest BCUT2D eigenvalue weighted by Crippen LogP contribution is 2.11. The molecule has 1 aliphatic heterocycles. The molecule has 80 valence electrons. The minimum atomic E-state index is -0.247. The molecule has 0 aromatic carbocycles. The zero-order valence-electron chi connectivity index (χ0n) is 7.95. The molecule has 1 aromatic rings. The van der Waals surface area contributed by atoms with Gasteiger partial charge in [0.15, 0.2) is 5.82 Å². The molecule has 1 aliphatic rings. The van der Waals surface area contributed by atoms with Crippen molar-refractivity contribution in [3.05, 3.63) is 18.2 Å². The lowest BCUT2D eigenvalue weighted by molar-refractivity contribution is 0.325. The summed E-state index contributed by atoms with van der Waals surface area (Å²) in [6, 6.07) is 0. The van der Waals surface area contributed by atoms with E-state index in [0.717, 1.165) is 19.6 Å². The Kier molecular flexibility index (Phi) is 4.35. The normalized spacial score (nSPS) is 21.6. The Balaban J connectivity index is 0.000000980. The highest BCUT2D eigenvalue weighted by molar-refractivity contribution is 5.85. The van der Waals surface area contributed by atoms with Gasteiger partial charge in [0.1, 0.15) is 0 Å². The average Bonchev–Trinajstić information content (AvgIpc) is 2.53. The van der Waals surface area contributed by atoms with Gasteiger partial charge in [0, 0.05) is 6.54 Å². The van der Waals surface area contributed by atoms with Gasteiger partial charge in [0.2, 0.25) is 0 Å². The standard InChI is InChI=1S/C9H14FN3.ClH/c10-9-5-12-13(7-9)6-8-2-1-3-11-4-8;/h5,7-8,11H,1-4,6H2;1H. The summed E-state index contributed by atoms with van der Waals surface area (Å²) in [5.41, 5.74) is 0. The number of hydrogen-bond acceptors (Lipinski definition) is 2. The summed E-state index contributed by atoms with van der Waals surface area (Å²) in [6.07, 6.45) is 5.15. The summed E-state index contributed by atoms with van der Waals surface area (Å²) < 4.78 is 14.3. The van der Waals surface area contributed by atoms with Gasteiger partial charge in [-0.1, -0.05) is 0 Å². The van der Waals surface area contributed by atoms with Crippen molar-refractivity contribution in [3.63, 3.8) is 0 Å². The topological polar surface area (TPSA) is 29.9 Å². The number of nitrogens with one attached hydrogen (secondary N) is 1. The van der Waals surface area contributed by atoms with Crippen molar-refractivity contribution in [1.29, 1.82) is 0 Å². The second-order valence-corrected chi connectivity index (χ2v) is 3.59. The van der Waals surface area contributed by atoms with Crippen LogP contribution in [0, 0.1) is 11.7 Å². The molecule has 1 atom stereocenters. The van der Waals surface area contributed by atoms with E-state index in [1.165, 1.54) is 25.2 Å². The third-order valence-corrected chi connectivity index (χ3v) is 2.45. The zero-order chi connectivity index (χ0) is 9.10. The Hall–Kier alpha value is -0.610. The summed E-state index contributed by atoms with van der Waals surface area (Å²) in [4.78, 5) is 0. The quantitative estimate of drug-likeness (QED) is 0.816. The summed E-state index contributed by atoms with van der Waals surface area (Å²) in [5, 5.41) is 7.25. The maximum absolute atomic E-state index is 12.6. The molecule has 1 saturated heterocycles. The van der Waals surface area contributed by atoms with E-state index in [0.29, 0.717) is 5.92 Å². The second kappa shape index (κ2) is 5.32. The van der Waals surface area contributed by atoms with Crippen molar-refractivity contribution in [2.45, 2.75) is 19.4 Å². The Morgan fingerprint density at radius 3 is 3.07 bits per heavy atom. The van der Waals surface area contributed by atoms with Gasteiger partial charge in [-0.05, 0) is 31.8 Å². The van der Waals surface area contributed by atoms with Crippen LogP contribution in [0.1, 0.15) is 12.8 Å².